The van der Waals surface area contributed by atoms with Crippen LogP contribution < -0.4 is 10.5 Å². The number of halogens is 1. The first-order valence-electron chi connectivity index (χ1n) is 6.30. The lowest BCUT2D eigenvalue weighted by Gasteiger charge is -2.16. The van der Waals surface area contributed by atoms with Crippen molar-refractivity contribution in [2.75, 3.05) is 20.3 Å². The minimum atomic E-state index is -0.464. The van der Waals surface area contributed by atoms with Gasteiger partial charge in [-0.15, -0.1) is 0 Å². The Kier molecular flexibility index (Phi) is 5.03. The van der Waals surface area contributed by atoms with E-state index in [4.69, 9.17) is 15.2 Å². The van der Waals surface area contributed by atoms with Gasteiger partial charge in [0.1, 0.15) is 18.2 Å². The predicted molar refractivity (Wildman–Crippen MR) is 74.0 cm³/mol. The SMILES string of the molecule is COCCOc1ccccc1C(N)c1ccc(F)cn1. The van der Waals surface area contributed by atoms with Gasteiger partial charge in [-0.2, -0.15) is 0 Å². The van der Waals surface area contributed by atoms with Gasteiger partial charge in [0.15, 0.2) is 0 Å². The number of benzene rings is 1. The number of hydrogen-bond acceptors (Lipinski definition) is 4. The Hall–Kier alpha value is -1.98. The maximum Gasteiger partial charge on any atom is 0.141 e. The average Bonchev–Trinajstić information content (AvgIpc) is 2.48. The van der Waals surface area contributed by atoms with Gasteiger partial charge < -0.3 is 15.2 Å². The first kappa shape index (κ1) is 14.4. The van der Waals surface area contributed by atoms with Gasteiger partial charge in [0.05, 0.1) is 24.5 Å². The second-order valence-electron chi connectivity index (χ2n) is 4.26. The highest BCUT2D eigenvalue weighted by Gasteiger charge is 2.15. The molecule has 0 radical (unpaired) electrons. The van der Waals surface area contributed by atoms with E-state index in [0.717, 1.165) is 11.8 Å². The Morgan fingerprint density at radius 1 is 1.20 bits per heavy atom. The van der Waals surface area contributed by atoms with Gasteiger partial charge in [-0.1, -0.05) is 18.2 Å². The molecule has 0 spiro atoms. The first-order chi connectivity index (χ1) is 9.72. The van der Waals surface area contributed by atoms with Crippen LogP contribution in [0.1, 0.15) is 17.3 Å². The van der Waals surface area contributed by atoms with Gasteiger partial charge in [0, 0.05) is 12.7 Å². The fourth-order valence-electron chi connectivity index (χ4n) is 1.83. The molecule has 1 atom stereocenters. The topological polar surface area (TPSA) is 57.4 Å². The van der Waals surface area contributed by atoms with Crippen LogP contribution in [0, 0.1) is 5.82 Å². The molecule has 0 aliphatic carbocycles. The Morgan fingerprint density at radius 2 is 2.00 bits per heavy atom. The van der Waals surface area contributed by atoms with Crippen molar-refractivity contribution >= 4 is 0 Å². The molecular weight excluding hydrogens is 259 g/mol. The van der Waals surface area contributed by atoms with Crippen LogP contribution in [0.3, 0.4) is 0 Å². The number of ether oxygens (including phenoxy) is 2. The van der Waals surface area contributed by atoms with Crippen molar-refractivity contribution in [2.45, 2.75) is 6.04 Å². The van der Waals surface area contributed by atoms with Gasteiger partial charge >= 0.3 is 0 Å². The quantitative estimate of drug-likeness (QED) is 0.822. The Morgan fingerprint density at radius 3 is 2.70 bits per heavy atom. The van der Waals surface area contributed by atoms with Crippen LogP contribution in [-0.2, 0) is 4.74 Å². The molecule has 1 aromatic heterocycles. The standard InChI is InChI=1S/C15H17FN2O2/c1-19-8-9-20-14-5-3-2-4-12(14)15(17)13-7-6-11(16)10-18-13/h2-7,10,15H,8-9,17H2,1H3. The molecular formula is C15H17FN2O2. The largest absolute Gasteiger partial charge is 0.491 e. The third-order valence-corrected chi connectivity index (χ3v) is 2.87. The molecule has 0 bridgehead atoms. The van der Waals surface area contributed by atoms with Crippen LogP contribution in [-0.4, -0.2) is 25.3 Å². The molecule has 0 fully saturated rings. The molecule has 20 heavy (non-hydrogen) atoms. The molecule has 2 aromatic rings. The average molecular weight is 276 g/mol. The van der Waals surface area contributed by atoms with Crippen LogP contribution >= 0.6 is 0 Å². The monoisotopic (exact) mass is 276 g/mol. The van der Waals surface area contributed by atoms with Crippen LogP contribution in [0.2, 0.25) is 0 Å². The number of nitrogens with two attached hydrogens (primary N) is 1. The lowest BCUT2D eigenvalue weighted by molar-refractivity contribution is 0.145. The summed E-state index contributed by atoms with van der Waals surface area (Å²) in [6, 6.07) is 9.92. The van der Waals surface area contributed by atoms with E-state index in [0.29, 0.717) is 24.7 Å². The summed E-state index contributed by atoms with van der Waals surface area (Å²) in [6.45, 7) is 0.940. The highest BCUT2D eigenvalue weighted by atomic mass is 19.1. The lowest BCUT2D eigenvalue weighted by Crippen LogP contribution is -2.16. The van der Waals surface area contributed by atoms with E-state index in [-0.39, 0.29) is 5.82 Å². The van der Waals surface area contributed by atoms with Gasteiger partial charge in [-0.05, 0) is 18.2 Å². The van der Waals surface area contributed by atoms with Crippen molar-refractivity contribution in [1.82, 2.24) is 4.98 Å². The van der Waals surface area contributed by atoms with E-state index in [1.807, 2.05) is 24.3 Å². The number of pyridine rings is 1. The molecule has 0 amide bonds. The van der Waals surface area contributed by atoms with Gasteiger partial charge in [0.2, 0.25) is 0 Å². The third kappa shape index (κ3) is 3.53. The number of para-hydroxylation sites is 1. The Balaban J connectivity index is 2.20. The van der Waals surface area contributed by atoms with E-state index in [1.165, 1.54) is 6.07 Å². The van der Waals surface area contributed by atoms with Crippen LogP contribution in [0.5, 0.6) is 5.75 Å². The molecule has 2 rings (SSSR count). The zero-order valence-electron chi connectivity index (χ0n) is 11.3. The molecule has 0 aliphatic heterocycles. The number of hydrogen-bond donors (Lipinski definition) is 1. The van der Waals surface area contributed by atoms with Crippen molar-refractivity contribution in [2.24, 2.45) is 5.73 Å². The molecule has 0 aliphatic rings. The molecule has 5 heteroatoms. The zero-order chi connectivity index (χ0) is 14.4. The molecule has 1 heterocycles. The summed E-state index contributed by atoms with van der Waals surface area (Å²) in [5.41, 5.74) is 7.58. The van der Waals surface area contributed by atoms with E-state index < -0.39 is 6.04 Å². The molecule has 0 saturated heterocycles. The van der Waals surface area contributed by atoms with Crippen molar-refractivity contribution < 1.29 is 13.9 Å². The maximum atomic E-state index is 12.9. The van der Waals surface area contributed by atoms with Crippen LogP contribution in [0.4, 0.5) is 4.39 Å². The van der Waals surface area contributed by atoms with Crippen molar-refractivity contribution in [3.63, 3.8) is 0 Å². The zero-order valence-corrected chi connectivity index (χ0v) is 11.3. The summed E-state index contributed by atoms with van der Waals surface area (Å²) < 4.78 is 23.5. The smallest absolute Gasteiger partial charge is 0.141 e. The second kappa shape index (κ2) is 6.98. The van der Waals surface area contributed by atoms with Gasteiger partial charge in [0.25, 0.3) is 0 Å². The van der Waals surface area contributed by atoms with E-state index in [1.54, 1.807) is 13.2 Å². The summed E-state index contributed by atoms with van der Waals surface area (Å²) in [4.78, 5) is 4.01. The third-order valence-electron chi connectivity index (χ3n) is 2.87. The number of aromatic nitrogens is 1. The molecule has 106 valence electrons. The fourth-order valence-corrected chi connectivity index (χ4v) is 1.83. The Bertz CT molecular complexity index is 546. The van der Waals surface area contributed by atoms with Crippen LogP contribution in [0.25, 0.3) is 0 Å². The predicted octanol–water partition coefficient (Wildman–Crippen LogP) is 2.29. The minimum absolute atomic E-state index is 0.384. The number of methoxy groups -OCH3 is 1. The molecule has 1 unspecified atom stereocenters. The van der Waals surface area contributed by atoms with Crippen molar-refractivity contribution in [3.8, 4) is 5.75 Å². The fraction of sp³-hybridized carbons (Fsp3) is 0.267. The molecule has 0 saturated carbocycles. The number of rotatable bonds is 6. The summed E-state index contributed by atoms with van der Waals surface area (Å²) >= 11 is 0. The second-order valence-corrected chi connectivity index (χ2v) is 4.26. The Labute approximate surface area is 117 Å². The maximum absolute atomic E-state index is 12.9. The summed E-state index contributed by atoms with van der Waals surface area (Å²) in [6.07, 6.45) is 1.16. The van der Waals surface area contributed by atoms with Crippen molar-refractivity contribution in [1.29, 1.82) is 0 Å². The summed E-state index contributed by atoms with van der Waals surface area (Å²) in [5, 5.41) is 0. The lowest BCUT2D eigenvalue weighted by atomic mass is 10.0. The highest BCUT2D eigenvalue weighted by Crippen LogP contribution is 2.27. The molecule has 2 N–H and O–H groups in total. The minimum Gasteiger partial charge on any atom is -0.491 e. The number of nitrogens with zero attached hydrogens (tertiary/aromatic N) is 1. The van der Waals surface area contributed by atoms with Gasteiger partial charge in [-0.3, -0.25) is 4.98 Å². The first-order valence-corrected chi connectivity index (χ1v) is 6.30. The van der Waals surface area contributed by atoms with E-state index in [2.05, 4.69) is 4.98 Å². The summed E-state index contributed by atoms with van der Waals surface area (Å²) in [5.74, 6) is 0.300. The van der Waals surface area contributed by atoms with E-state index in [9.17, 15) is 4.39 Å². The van der Waals surface area contributed by atoms with E-state index >= 15 is 0 Å². The summed E-state index contributed by atoms with van der Waals surface area (Å²) in [7, 11) is 1.61. The van der Waals surface area contributed by atoms with Gasteiger partial charge in [-0.25, -0.2) is 4.39 Å². The molecule has 1 aromatic carbocycles. The highest BCUT2D eigenvalue weighted by molar-refractivity contribution is 5.39. The van der Waals surface area contributed by atoms with Crippen molar-refractivity contribution in [3.05, 3.63) is 59.7 Å². The van der Waals surface area contributed by atoms with Crippen LogP contribution in [0.15, 0.2) is 42.6 Å². The molecule has 4 nitrogen and oxygen atoms in total. The normalized spacial score (nSPS) is 12.2.